The number of carbonyl (C=O) groups excluding carboxylic acids is 1. The van der Waals surface area contributed by atoms with E-state index in [2.05, 4.69) is 25.7 Å². The average molecular weight is 433 g/mol. The van der Waals surface area contributed by atoms with Crippen LogP contribution in [0.3, 0.4) is 0 Å². The van der Waals surface area contributed by atoms with Crippen molar-refractivity contribution in [3.05, 3.63) is 77.3 Å². The maximum atomic E-state index is 12.5. The van der Waals surface area contributed by atoms with Crippen molar-refractivity contribution in [2.75, 3.05) is 0 Å². The summed E-state index contributed by atoms with van der Waals surface area (Å²) in [7, 11) is 0. The highest BCUT2D eigenvalue weighted by Crippen LogP contribution is 2.24. The van der Waals surface area contributed by atoms with Crippen LogP contribution in [0.5, 0.6) is 0 Å². The number of benzene rings is 1. The lowest BCUT2D eigenvalue weighted by atomic mass is 10.1. The van der Waals surface area contributed by atoms with E-state index in [9.17, 15) is 4.79 Å². The van der Waals surface area contributed by atoms with E-state index in [0.29, 0.717) is 22.9 Å². The lowest BCUT2D eigenvalue weighted by molar-refractivity contribution is 0.0930. The topological polar surface area (TPSA) is 114 Å². The van der Waals surface area contributed by atoms with Crippen LogP contribution in [0.4, 0.5) is 0 Å². The van der Waals surface area contributed by atoms with Crippen molar-refractivity contribution in [2.24, 2.45) is 0 Å². The Morgan fingerprint density at radius 3 is 2.77 bits per heavy atom. The van der Waals surface area contributed by atoms with Crippen LogP contribution in [0.15, 0.2) is 61.1 Å². The molecule has 4 aromatic rings. The van der Waals surface area contributed by atoms with Gasteiger partial charge >= 0.3 is 0 Å². The normalized spacial score (nSPS) is 11.6. The van der Waals surface area contributed by atoms with Gasteiger partial charge in [0, 0.05) is 30.2 Å². The highest BCUT2D eigenvalue weighted by Gasteiger charge is 2.14. The molecule has 0 fully saturated rings. The van der Waals surface area contributed by atoms with E-state index >= 15 is 0 Å². The van der Waals surface area contributed by atoms with Crippen molar-refractivity contribution >= 4 is 17.5 Å². The van der Waals surface area contributed by atoms with Crippen LogP contribution >= 0.6 is 11.6 Å². The highest BCUT2D eigenvalue weighted by molar-refractivity contribution is 6.32. The minimum atomic E-state index is -0.321. The summed E-state index contributed by atoms with van der Waals surface area (Å²) in [6.45, 7) is 2.35. The molecule has 0 saturated carbocycles. The van der Waals surface area contributed by atoms with Crippen LogP contribution in [-0.4, -0.2) is 41.7 Å². The molecular weight excluding hydrogens is 416 g/mol. The molecule has 1 amide bonds. The standard InChI is InChI=1S/C21H17ClN8O/c1-14(25-21(31)19-5-6-20(27-26-19)30-9-2-8-24-30)13-29-10-7-18(28-29)15-3-4-16(12-23)17(22)11-15/h2-11,14H,13H2,1H3,(H,25,31)/t14-/m0/s1. The molecule has 3 heterocycles. The van der Waals surface area contributed by atoms with E-state index < -0.39 is 0 Å². The van der Waals surface area contributed by atoms with E-state index in [4.69, 9.17) is 16.9 Å². The van der Waals surface area contributed by atoms with Gasteiger partial charge in [0.15, 0.2) is 11.5 Å². The lowest BCUT2D eigenvalue weighted by Crippen LogP contribution is -2.36. The molecule has 0 aliphatic carbocycles. The summed E-state index contributed by atoms with van der Waals surface area (Å²) in [5, 5.41) is 28.9. The molecule has 1 aromatic carbocycles. The molecule has 31 heavy (non-hydrogen) atoms. The number of aromatic nitrogens is 6. The van der Waals surface area contributed by atoms with E-state index in [1.165, 1.54) is 0 Å². The van der Waals surface area contributed by atoms with Crippen molar-refractivity contribution < 1.29 is 4.79 Å². The van der Waals surface area contributed by atoms with Gasteiger partial charge in [-0.1, -0.05) is 17.7 Å². The summed E-state index contributed by atoms with van der Waals surface area (Å²) in [6.07, 6.45) is 5.21. The number of halogens is 1. The van der Waals surface area contributed by atoms with Crippen LogP contribution in [-0.2, 0) is 6.54 Å². The third-order valence-electron chi connectivity index (χ3n) is 4.49. The Kier molecular flexibility index (Phi) is 5.73. The Balaban J connectivity index is 1.38. The highest BCUT2D eigenvalue weighted by atomic mass is 35.5. The fraction of sp³-hybridized carbons (Fsp3) is 0.143. The van der Waals surface area contributed by atoms with Crippen molar-refractivity contribution in [1.29, 1.82) is 5.26 Å². The Hall–Kier alpha value is -4.03. The number of nitrogens with zero attached hydrogens (tertiary/aromatic N) is 7. The van der Waals surface area contributed by atoms with Gasteiger partial charge in [0.25, 0.3) is 5.91 Å². The lowest BCUT2D eigenvalue weighted by Gasteiger charge is -2.13. The Bertz CT molecular complexity index is 1240. The summed E-state index contributed by atoms with van der Waals surface area (Å²) in [5.41, 5.74) is 2.18. The molecule has 3 aromatic heterocycles. The Labute approximate surface area is 182 Å². The quantitative estimate of drug-likeness (QED) is 0.501. The molecule has 0 bridgehead atoms. The van der Waals surface area contributed by atoms with Crippen molar-refractivity contribution in [2.45, 2.75) is 19.5 Å². The van der Waals surface area contributed by atoms with Crippen molar-refractivity contribution in [3.63, 3.8) is 0 Å². The third kappa shape index (κ3) is 4.60. The van der Waals surface area contributed by atoms with Gasteiger partial charge in [0.1, 0.15) is 6.07 Å². The van der Waals surface area contributed by atoms with Gasteiger partial charge < -0.3 is 5.32 Å². The first-order chi connectivity index (χ1) is 15.0. The number of carbonyl (C=O) groups is 1. The Morgan fingerprint density at radius 2 is 2.10 bits per heavy atom. The number of rotatable bonds is 6. The van der Waals surface area contributed by atoms with Gasteiger partial charge in [-0.25, -0.2) is 4.68 Å². The second-order valence-corrected chi connectivity index (χ2v) is 7.24. The molecule has 154 valence electrons. The summed E-state index contributed by atoms with van der Waals surface area (Å²) < 4.78 is 3.30. The molecular formula is C21H17ClN8O. The van der Waals surface area contributed by atoms with Crippen LogP contribution in [0.1, 0.15) is 23.0 Å². The number of hydrogen-bond acceptors (Lipinski definition) is 6. The summed E-state index contributed by atoms with van der Waals surface area (Å²) >= 11 is 6.10. The van der Waals surface area contributed by atoms with Crippen LogP contribution < -0.4 is 5.32 Å². The van der Waals surface area contributed by atoms with Gasteiger partial charge in [-0.15, -0.1) is 10.2 Å². The predicted octanol–water partition coefficient (Wildman–Crippen LogP) is 2.87. The first-order valence-corrected chi connectivity index (χ1v) is 9.79. The second kappa shape index (κ2) is 8.77. The molecule has 0 spiro atoms. The molecule has 0 aliphatic rings. The molecule has 4 rings (SSSR count). The molecule has 1 atom stereocenters. The predicted molar refractivity (Wildman–Crippen MR) is 113 cm³/mol. The fourth-order valence-electron chi connectivity index (χ4n) is 2.98. The molecule has 0 unspecified atom stereocenters. The minimum absolute atomic E-state index is 0.197. The molecule has 0 aliphatic heterocycles. The van der Waals surface area contributed by atoms with Gasteiger partial charge in [-0.05, 0) is 43.3 Å². The average Bonchev–Trinajstić information content (AvgIpc) is 3.46. The van der Waals surface area contributed by atoms with Gasteiger partial charge in [-0.3, -0.25) is 9.48 Å². The van der Waals surface area contributed by atoms with E-state index in [1.807, 2.05) is 25.3 Å². The van der Waals surface area contributed by atoms with E-state index in [1.54, 1.807) is 58.2 Å². The summed E-state index contributed by atoms with van der Waals surface area (Å²) in [4.78, 5) is 12.5. The van der Waals surface area contributed by atoms with Gasteiger partial charge in [-0.2, -0.15) is 15.5 Å². The number of nitrogens with one attached hydrogen (secondary N) is 1. The number of hydrogen-bond donors (Lipinski definition) is 1. The summed E-state index contributed by atoms with van der Waals surface area (Å²) in [5.74, 6) is 0.208. The first kappa shape index (κ1) is 20.3. The first-order valence-electron chi connectivity index (χ1n) is 9.41. The van der Waals surface area contributed by atoms with Crippen molar-refractivity contribution in [1.82, 2.24) is 35.1 Å². The maximum Gasteiger partial charge on any atom is 0.272 e. The maximum absolute atomic E-state index is 12.5. The molecule has 0 saturated heterocycles. The number of amides is 1. The minimum Gasteiger partial charge on any atom is -0.346 e. The zero-order valence-electron chi connectivity index (χ0n) is 16.5. The second-order valence-electron chi connectivity index (χ2n) is 6.83. The van der Waals surface area contributed by atoms with Crippen LogP contribution in [0.2, 0.25) is 5.02 Å². The van der Waals surface area contributed by atoms with E-state index in [-0.39, 0.29) is 17.6 Å². The monoisotopic (exact) mass is 432 g/mol. The van der Waals surface area contributed by atoms with E-state index in [0.717, 1.165) is 11.3 Å². The molecule has 0 radical (unpaired) electrons. The zero-order valence-corrected chi connectivity index (χ0v) is 17.2. The SMILES string of the molecule is C[C@@H](Cn1ccc(-c2ccc(C#N)c(Cl)c2)n1)NC(=O)c1ccc(-n2cccn2)nn1. The molecule has 10 heteroatoms. The van der Waals surface area contributed by atoms with Crippen molar-refractivity contribution in [3.8, 4) is 23.1 Å². The fourth-order valence-corrected chi connectivity index (χ4v) is 3.20. The van der Waals surface area contributed by atoms with Crippen LogP contribution in [0, 0.1) is 11.3 Å². The largest absolute Gasteiger partial charge is 0.346 e. The van der Waals surface area contributed by atoms with Gasteiger partial charge in [0.2, 0.25) is 0 Å². The zero-order chi connectivity index (χ0) is 21.8. The Morgan fingerprint density at radius 1 is 1.23 bits per heavy atom. The number of nitriles is 1. The molecule has 9 nitrogen and oxygen atoms in total. The molecule has 1 N–H and O–H groups in total. The summed E-state index contributed by atoms with van der Waals surface area (Å²) in [6, 6.07) is 13.9. The van der Waals surface area contributed by atoms with Gasteiger partial charge in [0.05, 0.1) is 22.8 Å². The smallest absolute Gasteiger partial charge is 0.272 e. The third-order valence-corrected chi connectivity index (χ3v) is 4.80. The van der Waals surface area contributed by atoms with Crippen LogP contribution in [0.25, 0.3) is 17.1 Å².